The van der Waals surface area contributed by atoms with Crippen LogP contribution in [0, 0.1) is 16.0 Å². The van der Waals surface area contributed by atoms with Gasteiger partial charge < -0.3 is 14.1 Å². The van der Waals surface area contributed by atoms with Crippen LogP contribution in [0.3, 0.4) is 0 Å². The van der Waals surface area contributed by atoms with Crippen molar-refractivity contribution in [2.24, 2.45) is 5.92 Å². The van der Waals surface area contributed by atoms with E-state index in [2.05, 4.69) is 20.8 Å². The van der Waals surface area contributed by atoms with Gasteiger partial charge in [-0.25, -0.2) is 4.79 Å². The summed E-state index contributed by atoms with van der Waals surface area (Å²) in [5.74, 6) is -1.37. The largest absolute Gasteiger partial charge is 0.456 e. The number of fused-ring (bicyclic) bond motifs is 1. The Hall–Kier alpha value is -2.85. The Balaban J connectivity index is 1.68. The Kier molecular flexibility index (Phi) is 7.48. The van der Waals surface area contributed by atoms with Crippen LogP contribution in [0.15, 0.2) is 35.5 Å². The number of nitro benzene ring substituents is 1. The summed E-state index contributed by atoms with van der Waals surface area (Å²) in [5, 5.41) is 10.8. The van der Waals surface area contributed by atoms with E-state index in [1.54, 1.807) is 0 Å². The highest BCUT2D eigenvalue weighted by Crippen LogP contribution is 2.45. The van der Waals surface area contributed by atoms with Gasteiger partial charge in [-0.1, -0.05) is 20.8 Å². The quantitative estimate of drug-likeness (QED) is 0.120. The van der Waals surface area contributed by atoms with Gasteiger partial charge >= 0.3 is 5.97 Å². The number of carbonyl (C=O) groups is 3. The first-order valence-corrected chi connectivity index (χ1v) is 13.8. The van der Waals surface area contributed by atoms with Crippen LogP contribution in [0.2, 0.25) is 18.1 Å². The monoisotopic (exact) mass is 474 g/mol. The van der Waals surface area contributed by atoms with E-state index in [9.17, 15) is 24.5 Å². The molecular weight excluding hydrogens is 444 g/mol. The number of ether oxygens (including phenoxy) is 1. The molecule has 33 heavy (non-hydrogen) atoms. The zero-order valence-corrected chi connectivity index (χ0v) is 20.4. The molecule has 0 aromatic heterocycles. The van der Waals surface area contributed by atoms with Crippen molar-refractivity contribution in [3.05, 3.63) is 51.2 Å². The van der Waals surface area contributed by atoms with Crippen LogP contribution in [0.4, 0.5) is 5.69 Å². The number of hydrogen-bond donors (Lipinski definition) is 0. The number of esters is 1. The zero-order valence-electron chi connectivity index (χ0n) is 19.4. The lowest BCUT2D eigenvalue weighted by molar-refractivity contribution is -0.384. The summed E-state index contributed by atoms with van der Waals surface area (Å²) < 4.78 is 11.8. The first-order chi connectivity index (χ1) is 15.7. The summed E-state index contributed by atoms with van der Waals surface area (Å²) in [7, 11) is -1.91. The lowest BCUT2D eigenvalue weighted by Crippen LogP contribution is -2.63. The van der Waals surface area contributed by atoms with E-state index in [0.717, 1.165) is 18.1 Å². The molecule has 1 aromatic rings. The minimum absolute atomic E-state index is 0.00431. The zero-order chi connectivity index (χ0) is 24.3. The molecule has 2 heterocycles. The molecule has 0 saturated carbocycles. The van der Waals surface area contributed by atoms with Crippen molar-refractivity contribution in [3.63, 3.8) is 0 Å². The summed E-state index contributed by atoms with van der Waals surface area (Å²) in [6.45, 7) is 8.17. The maximum absolute atomic E-state index is 13.0. The van der Waals surface area contributed by atoms with Crippen molar-refractivity contribution < 1.29 is 28.5 Å². The van der Waals surface area contributed by atoms with Crippen LogP contribution < -0.4 is 0 Å². The van der Waals surface area contributed by atoms with Crippen LogP contribution >= 0.6 is 0 Å². The van der Waals surface area contributed by atoms with E-state index in [1.165, 1.54) is 29.2 Å². The average molecular weight is 475 g/mol. The second-order valence-electron chi connectivity index (χ2n) is 8.56. The molecule has 1 saturated heterocycles. The number of rotatable bonds is 11. The van der Waals surface area contributed by atoms with E-state index >= 15 is 0 Å². The normalized spacial score (nSPS) is 20.8. The fraction of sp³-hybridized carbons (Fsp3) is 0.522. The van der Waals surface area contributed by atoms with Gasteiger partial charge in [-0.2, -0.15) is 0 Å². The van der Waals surface area contributed by atoms with E-state index < -0.39 is 25.1 Å². The third-order valence-electron chi connectivity index (χ3n) is 6.97. The summed E-state index contributed by atoms with van der Waals surface area (Å²) in [6, 6.07) is 8.25. The number of nitro groups is 1. The number of carbonyl (C=O) groups excluding carboxylic acids is 3. The highest BCUT2D eigenvalue weighted by molar-refractivity contribution is 6.73. The maximum atomic E-state index is 13.0. The van der Waals surface area contributed by atoms with Gasteiger partial charge in [0.2, 0.25) is 5.91 Å². The lowest BCUT2D eigenvalue weighted by Gasteiger charge is -2.47. The van der Waals surface area contributed by atoms with Gasteiger partial charge in [-0.15, -0.1) is 0 Å². The van der Waals surface area contributed by atoms with Gasteiger partial charge in [0.05, 0.1) is 23.0 Å². The number of non-ortho nitro benzene ring substituents is 1. The number of nitrogens with zero attached hydrogens (tertiary/aromatic N) is 2. The Labute approximate surface area is 194 Å². The van der Waals surface area contributed by atoms with Gasteiger partial charge in [0.25, 0.3) is 5.69 Å². The standard InChI is InChI=1S/C23H30N2O7Si/c1-5-33(6-2,7-3)32-15(4)20-19-12-17(13-26)21(24(19)22(20)27)23(28)31-14-16-8-10-18(11-9-16)25(29)30/h8-11,13,15,19-20H,5-7,12,14H2,1-4H3. The van der Waals surface area contributed by atoms with E-state index in [-0.39, 0.29) is 41.6 Å². The minimum atomic E-state index is -1.91. The van der Waals surface area contributed by atoms with Crippen molar-refractivity contribution in [1.82, 2.24) is 4.90 Å². The van der Waals surface area contributed by atoms with Gasteiger partial charge in [-0.05, 0) is 49.2 Å². The van der Waals surface area contributed by atoms with Crippen LogP contribution in [-0.2, 0) is 30.2 Å². The Bertz CT molecular complexity index is 963. The van der Waals surface area contributed by atoms with E-state index in [1.807, 2.05) is 6.92 Å². The van der Waals surface area contributed by atoms with Crippen molar-refractivity contribution in [1.29, 1.82) is 0 Å². The molecule has 1 amide bonds. The van der Waals surface area contributed by atoms with E-state index in [0.29, 0.717) is 18.3 Å². The molecule has 2 aliphatic heterocycles. The van der Waals surface area contributed by atoms with Gasteiger partial charge in [0.15, 0.2) is 8.32 Å². The molecule has 9 nitrogen and oxygen atoms in total. The molecular formula is C23H30N2O7Si. The molecule has 10 heteroatoms. The first kappa shape index (κ1) is 24.8. The predicted octanol–water partition coefficient (Wildman–Crippen LogP) is 3.73. The fourth-order valence-electron chi connectivity index (χ4n) is 4.78. The van der Waals surface area contributed by atoms with Crippen LogP contribution in [0.1, 0.15) is 39.7 Å². The number of amides is 1. The number of benzene rings is 1. The molecule has 0 aliphatic carbocycles. The van der Waals surface area contributed by atoms with Crippen LogP contribution in [0.25, 0.3) is 0 Å². The van der Waals surface area contributed by atoms with Crippen LogP contribution in [0.5, 0.6) is 0 Å². The molecule has 2 aliphatic rings. The summed E-state index contributed by atoms with van der Waals surface area (Å²) in [4.78, 5) is 49.1. The smallest absolute Gasteiger partial charge is 0.355 e. The third kappa shape index (κ3) is 4.63. The highest BCUT2D eigenvalue weighted by atomic mass is 28.4. The number of β-lactam (4-membered cyclic amide) rings is 1. The summed E-state index contributed by atoms with van der Waals surface area (Å²) in [5.41, 5.74) is 0.744. The van der Waals surface area contributed by atoms with E-state index in [4.69, 9.17) is 9.16 Å². The molecule has 1 aromatic carbocycles. The summed E-state index contributed by atoms with van der Waals surface area (Å²) >= 11 is 0. The highest BCUT2D eigenvalue weighted by Gasteiger charge is 2.58. The molecule has 0 spiro atoms. The van der Waals surface area contributed by atoms with Gasteiger partial charge in [0, 0.05) is 17.7 Å². The van der Waals surface area contributed by atoms with Crippen molar-refractivity contribution in [2.75, 3.05) is 0 Å². The average Bonchev–Trinajstić information content (AvgIpc) is 3.15. The lowest BCUT2D eigenvalue weighted by atomic mass is 9.83. The van der Waals surface area contributed by atoms with Gasteiger partial charge in [0.1, 0.15) is 18.6 Å². The second-order valence-corrected chi connectivity index (χ2v) is 13.3. The predicted molar refractivity (Wildman–Crippen MR) is 122 cm³/mol. The maximum Gasteiger partial charge on any atom is 0.355 e. The van der Waals surface area contributed by atoms with Crippen molar-refractivity contribution in [2.45, 2.75) is 71.0 Å². The van der Waals surface area contributed by atoms with Gasteiger partial charge in [-0.3, -0.25) is 19.7 Å². The molecule has 3 rings (SSSR count). The molecule has 3 unspecified atom stereocenters. The number of aldehydes is 1. The topological polar surface area (TPSA) is 116 Å². The van der Waals surface area contributed by atoms with Crippen molar-refractivity contribution in [3.8, 4) is 0 Å². The minimum Gasteiger partial charge on any atom is -0.456 e. The Morgan fingerprint density at radius 1 is 1.24 bits per heavy atom. The Morgan fingerprint density at radius 2 is 1.85 bits per heavy atom. The molecule has 178 valence electrons. The molecule has 3 atom stereocenters. The third-order valence-corrected chi connectivity index (χ3v) is 11.7. The number of hydrogen-bond acceptors (Lipinski definition) is 7. The SMILES string of the molecule is CC[Si](CC)(CC)OC(C)C1C(=O)N2C(C(=O)OCc3ccc([N+](=O)[O-])cc3)=C(C=O)CC12. The molecule has 0 N–H and O–H groups in total. The Morgan fingerprint density at radius 3 is 2.36 bits per heavy atom. The molecule has 1 fully saturated rings. The fourth-order valence-corrected chi connectivity index (χ4v) is 7.72. The first-order valence-electron chi connectivity index (χ1n) is 11.3. The summed E-state index contributed by atoms with van der Waals surface area (Å²) in [6.07, 6.45) is 0.627. The van der Waals surface area contributed by atoms with Crippen LogP contribution in [-0.4, -0.2) is 48.4 Å². The second kappa shape index (κ2) is 9.96. The molecule has 0 radical (unpaired) electrons. The van der Waals surface area contributed by atoms with Crippen molar-refractivity contribution >= 4 is 32.2 Å². The molecule has 0 bridgehead atoms.